The molecule has 1 aromatic heterocycles. The van der Waals surface area contributed by atoms with Crippen LogP contribution in [0.4, 0.5) is 5.69 Å². The van der Waals surface area contributed by atoms with Gasteiger partial charge in [0, 0.05) is 12.3 Å². The molecule has 0 aliphatic heterocycles. The third-order valence-corrected chi connectivity index (χ3v) is 3.10. The van der Waals surface area contributed by atoms with Gasteiger partial charge in [-0.25, -0.2) is 4.68 Å². The first-order valence-electron chi connectivity index (χ1n) is 6.52. The fraction of sp³-hybridized carbons (Fsp3) is 0.267. The lowest BCUT2D eigenvalue weighted by Crippen LogP contribution is -2.32. The van der Waals surface area contributed by atoms with E-state index in [0.717, 1.165) is 10.2 Å². The number of nitrogens with zero attached hydrogens (tertiary/aromatic N) is 2. The molecule has 21 heavy (non-hydrogen) atoms. The Morgan fingerprint density at radius 2 is 2.14 bits per heavy atom. The molecule has 6 nitrogen and oxygen atoms in total. The summed E-state index contributed by atoms with van der Waals surface area (Å²) in [6, 6.07) is 7.66. The number of carbonyl (C=O) groups is 1. The summed E-state index contributed by atoms with van der Waals surface area (Å²) >= 11 is 0. The Labute approximate surface area is 122 Å². The number of rotatable bonds is 4. The summed E-state index contributed by atoms with van der Waals surface area (Å²) in [7, 11) is 1.53. The standard InChI is InChI=1S/C15H17N3O3/c1-10-6-7-13(21-3)12(9-10)17-15(20)11(2)18-14(19)5-4-8-16-18/h4-9,11H,1-3H3,(H,17,20)/t11-/m0/s1. The summed E-state index contributed by atoms with van der Waals surface area (Å²) in [6.07, 6.45) is 1.47. The Morgan fingerprint density at radius 1 is 1.38 bits per heavy atom. The normalized spacial score (nSPS) is 11.8. The SMILES string of the molecule is COc1ccc(C)cc1NC(=O)[C@H](C)n1ncccc1=O. The molecule has 1 atom stereocenters. The summed E-state index contributed by atoms with van der Waals surface area (Å²) in [5, 5.41) is 6.68. The molecule has 2 aromatic rings. The molecule has 0 unspecified atom stereocenters. The van der Waals surface area contributed by atoms with Gasteiger partial charge in [0.2, 0.25) is 5.91 Å². The van der Waals surface area contributed by atoms with Gasteiger partial charge in [0.1, 0.15) is 11.8 Å². The first-order valence-corrected chi connectivity index (χ1v) is 6.52. The van der Waals surface area contributed by atoms with Crippen LogP contribution in [0.5, 0.6) is 5.75 Å². The zero-order valence-electron chi connectivity index (χ0n) is 12.2. The third kappa shape index (κ3) is 3.28. The van der Waals surface area contributed by atoms with Gasteiger partial charge in [-0.15, -0.1) is 0 Å². The molecule has 6 heteroatoms. The van der Waals surface area contributed by atoms with E-state index in [9.17, 15) is 9.59 Å². The molecule has 1 heterocycles. The Kier molecular flexibility index (Phi) is 4.37. The number of aryl methyl sites for hydroxylation is 1. The molecular weight excluding hydrogens is 270 g/mol. The molecule has 0 spiro atoms. The lowest BCUT2D eigenvalue weighted by atomic mass is 10.2. The molecule has 0 bridgehead atoms. The van der Waals surface area contributed by atoms with Gasteiger partial charge in [0.25, 0.3) is 5.56 Å². The van der Waals surface area contributed by atoms with Crippen molar-refractivity contribution >= 4 is 11.6 Å². The van der Waals surface area contributed by atoms with Crippen molar-refractivity contribution in [1.82, 2.24) is 9.78 Å². The van der Waals surface area contributed by atoms with Gasteiger partial charge in [-0.1, -0.05) is 6.07 Å². The molecule has 1 amide bonds. The van der Waals surface area contributed by atoms with E-state index in [-0.39, 0.29) is 11.5 Å². The van der Waals surface area contributed by atoms with E-state index in [1.807, 2.05) is 19.1 Å². The second-order valence-electron chi connectivity index (χ2n) is 4.68. The number of aromatic nitrogens is 2. The number of amides is 1. The molecule has 0 saturated carbocycles. The summed E-state index contributed by atoms with van der Waals surface area (Å²) in [5.41, 5.74) is 1.24. The van der Waals surface area contributed by atoms with E-state index in [0.29, 0.717) is 11.4 Å². The van der Waals surface area contributed by atoms with Crippen molar-refractivity contribution in [3.8, 4) is 5.75 Å². The lowest BCUT2D eigenvalue weighted by Gasteiger charge is -2.15. The number of methoxy groups -OCH3 is 1. The maximum absolute atomic E-state index is 12.3. The zero-order chi connectivity index (χ0) is 15.4. The minimum Gasteiger partial charge on any atom is -0.495 e. The Balaban J connectivity index is 2.24. The minimum atomic E-state index is -0.719. The van der Waals surface area contributed by atoms with Gasteiger partial charge in [-0.3, -0.25) is 9.59 Å². The molecule has 0 aliphatic carbocycles. The summed E-state index contributed by atoms with van der Waals surface area (Å²) in [4.78, 5) is 24.0. The Bertz CT molecular complexity index is 709. The molecule has 0 fully saturated rings. The topological polar surface area (TPSA) is 73.2 Å². The van der Waals surface area contributed by atoms with Crippen LogP contribution in [0.25, 0.3) is 0 Å². The predicted molar refractivity (Wildman–Crippen MR) is 79.6 cm³/mol. The third-order valence-electron chi connectivity index (χ3n) is 3.10. The number of anilines is 1. The minimum absolute atomic E-state index is 0.323. The summed E-state index contributed by atoms with van der Waals surface area (Å²) in [6.45, 7) is 3.54. The van der Waals surface area contributed by atoms with Gasteiger partial charge in [0.15, 0.2) is 0 Å². The smallest absolute Gasteiger partial charge is 0.267 e. The van der Waals surface area contributed by atoms with Gasteiger partial charge in [0.05, 0.1) is 12.8 Å². The van der Waals surface area contributed by atoms with Crippen LogP contribution >= 0.6 is 0 Å². The van der Waals surface area contributed by atoms with Gasteiger partial charge in [-0.2, -0.15) is 5.10 Å². The molecule has 0 saturated heterocycles. The molecule has 1 N–H and O–H groups in total. The maximum atomic E-state index is 12.3. The van der Waals surface area contributed by atoms with Gasteiger partial charge in [-0.05, 0) is 37.6 Å². The highest BCUT2D eigenvalue weighted by atomic mass is 16.5. The van der Waals surface area contributed by atoms with Crippen LogP contribution in [0.3, 0.4) is 0 Å². The van der Waals surface area contributed by atoms with Gasteiger partial charge < -0.3 is 10.1 Å². The highest BCUT2D eigenvalue weighted by Gasteiger charge is 2.18. The Hall–Kier alpha value is -2.63. The number of benzene rings is 1. The van der Waals surface area contributed by atoms with Crippen LogP contribution in [0.1, 0.15) is 18.5 Å². The number of hydrogen-bond donors (Lipinski definition) is 1. The van der Waals surface area contributed by atoms with Crippen molar-refractivity contribution in [2.24, 2.45) is 0 Å². The van der Waals surface area contributed by atoms with Crippen LogP contribution in [-0.2, 0) is 4.79 Å². The molecule has 0 aliphatic rings. The summed E-state index contributed by atoms with van der Waals surface area (Å²) < 4.78 is 6.35. The van der Waals surface area contributed by atoms with Gasteiger partial charge >= 0.3 is 0 Å². The average Bonchev–Trinajstić information content (AvgIpc) is 2.47. The van der Waals surface area contributed by atoms with Crippen molar-refractivity contribution in [3.05, 3.63) is 52.4 Å². The quantitative estimate of drug-likeness (QED) is 0.930. The van der Waals surface area contributed by atoms with E-state index >= 15 is 0 Å². The number of carbonyl (C=O) groups excluding carboxylic acids is 1. The molecule has 0 radical (unpaired) electrons. The van der Waals surface area contributed by atoms with Crippen LogP contribution in [0.2, 0.25) is 0 Å². The number of hydrogen-bond acceptors (Lipinski definition) is 4. The van der Waals surface area contributed by atoms with Crippen molar-refractivity contribution < 1.29 is 9.53 Å². The molecule has 1 aromatic carbocycles. The molecule has 110 valence electrons. The van der Waals surface area contributed by atoms with Crippen LogP contribution in [-0.4, -0.2) is 22.8 Å². The van der Waals surface area contributed by atoms with Crippen molar-refractivity contribution in [1.29, 1.82) is 0 Å². The van der Waals surface area contributed by atoms with Crippen LogP contribution in [0.15, 0.2) is 41.3 Å². The zero-order valence-corrected chi connectivity index (χ0v) is 12.2. The first-order chi connectivity index (χ1) is 10.0. The first kappa shape index (κ1) is 14.8. The highest BCUT2D eigenvalue weighted by molar-refractivity contribution is 5.94. The summed E-state index contributed by atoms with van der Waals surface area (Å²) in [5.74, 6) is 0.231. The van der Waals surface area contributed by atoms with E-state index < -0.39 is 6.04 Å². The second kappa shape index (κ2) is 6.21. The largest absolute Gasteiger partial charge is 0.495 e. The average molecular weight is 287 g/mol. The van der Waals surface area contributed by atoms with Crippen LogP contribution in [0, 0.1) is 6.92 Å². The number of ether oxygens (including phenoxy) is 1. The fourth-order valence-corrected chi connectivity index (χ4v) is 1.93. The molecule has 2 rings (SSSR count). The fourth-order valence-electron chi connectivity index (χ4n) is 1.93. The van der Waals surface area contributed by atoms with E-state index in [1.165, 1.54) is 25.4 Å². The van der Waals surface area contributed by atoms with Crippen molar-refractivity contribution in [2.45, 2.75) is 19.9 Å². The van der Waals surface area contributed by atoms with Crippen LogP contribution < -0.4 is 15.6 Å². The van der Waals surface area contributed by atoms with Crippen molar-refractivity contribution in [2.75, 3.05) is 12.4 Å². The van der Waals surface area contributed by atoms with E-state index in [1.54, 1.807) is 13.0 Å². The lowest BCUT2D eigenvalue weighted by molar-refractivity contribution is -0.119. The number of nitrogens with one attached hydrogen (secondary N) is 1. The molecular formula is C15H17N3O3. The highest BCUT2D eigenvalue weighted by Crippen LogP contribution is 2.25. The Morgan fingerprint density at radius 3 is 2.81 bits per heavy atom. The predicted octanol–water partition coefficient (Wildman–Crippen LogP) is 1.76. The van der Waals surface area contributed by atoms with E-state index in [2.05, 4.69) is 10.4 Å². The monoisotopic (exact) mass is 287 g/mol. The maximum Gasteiger partial charge on any atom is 0.267 e. The second-order valence-corrected chi connectivity index (χ2v) is 4.68. The van der Waals surface area contributed by atoms with Crippen molar-refractivity contribution in [3.63, 3.8) is 0 Å². The van der Waals surface area contributed by atoms with E-state index in [4.69, 9.17) is 4.74 Å².